The van der Waals surface area contributed by atoms with Crippen molar-refractivity contribution in [3.8, 4) is 0 Å². The highest BCUT2D eigenvalue weighted by Crippen LogP contribution is 2.21. The molecule has 0 aromatic heterocycles. The standard InChI is InChI=1S/C11H20N2O2S.2ClH/c1-9(2)3-5-13-6-4-12-10-7-16(14,15)8-11(10)13;;/h3,10-12H,4-8H2,1-2H3;2*1H. The molecule has 0 aliphatic carbocycles. The number of nitrogens with one attached hydrogen (secondary N) is 1. The highest BCUT2D eigenvalue weighted by molar-refractivity contribution is 7.91. The molecule has 2 atom stereocenters. The van der Waals surface area contributed by atoms with E-state index in [2.05, 4.69) is 30.1 Å². The van der Waals surface area contributed by atoms with Gasteiger partial charge in [-0.1, -0.05) is 11.6 Å². The SMILES string of the molecule is CC(C)=CCN1CCNC2CS(=O)(=O)CC21.Cl.Cl. The lowest BCUT2D eigenvalue weighted by atomic mass is 10.1. The molecule has 0 aromatic carbocycles. The summed E-state index contributed by atoms with van der Waals surface area (Å²) in [4.78, 5) is 2.29. The van der Waals surface area contributed by atoms with E-state index in [-0.39, 0.29) is 36.9 Å². The van der Waals surface area contributed by atoms with Crippen molar-refractivity contribution in [2.24, 2.45) is 0 Å². The molecule has 0 spiro atoms. The Balaban J connectivity index is 0.00000144. The van der Waals surface area contributed by atoms with Crippen molar-refractivity contribution < 1.29 is 8.42 Å². The van der Waals surface area contributed by atoms with E-state index in [1.54, 1.807) is 0 Å². The second-order valence-electron chi connectivity index (χ2n) is 4.98. The monoisotopic (exact) mass is 316 g/mol. The molecule has 2 heterocycles. The highest BCUT2D eigenvalue weighted by atomic mass is 35.5. The fourth-order valence-corrected chi connectivity index (χ4v) is 4.46. The van der Waals surface area contributed by atoms with Crippen molar-refractivity contribution >= 4 is 34.7 Å². The van der Waals surface area contributed by atoms with Gasteiger partial charge in [0.05, 0.1) is 11.5 Å². The Bertz CT molecular complexity index is 394. The van der Waals surface area contributed by atoms with Crippen molar-refractivity contribution in [3.63, 3.8) is 0 Å². The summed E-state index contributed by atoms with van der Waals surface area (Å²) >= 11 is 0. The van der Waals surface area contributed by atoms with Crippen LogP contribution in [0.25, 0.3) is 0 Å². The van der Waals surface area contributed by atoms with Crippen LogP contribution in [0.15, 0.2) is 11.6 Å². The van der Waals surface area contributed by atoms with Crippen molar-refractivity contribution in [2.45, 2.75) is 25.9 Å². The van der Waals surface area contributed by atoms with Gasteiger partial charge in [0.15, 0.2) is 9.84 Å². The van der Waals surface area contributed by atoms with Gasteiger partial charge in [0.2, 0.25) is 0 Å². The zero-order chi connectivity index (χ0) is 11.8. The van der Waals surface area contributed by atoms with Gasteiger partial charge in [-0.2, -0.15) is 0 Å². The molecule has 2 aliphatic rings. The molecule has 7 heteroatoms. The molecule has 2 saturated heterocycles. The van der Waals surface area contributed by atoms with E-state index in [1.807, 2.05) is 0 Å². The molecule has 2 rings (SSSR count). The Labute approximate surface area is 122 Å². The Morgan fingerprint density at radius 1 is 1.33 bits per heavy atom. The summed E-state index contributed by atoms with van der Waals surface area (Å²) in [5, 5.41) is 3.31. The number of nitrogens with zero attached hydrogens (tertiary/aromatic N) is 1. The summed E-state index contributed by atoms with van der Waals surface area (Å²) in [7, 11) is -2.83. The fourth-order valence-electron chi connectivity index (χ4n) is 2.47. The van der Waals surface area contributed by atoms with Gasteiger partial charge in [-0.25, -0.2) is 8.42 Å². The highest BCUT2D eigenvalue weighted by Gasteiger charge is 2.42. The Morgan fingerprint density at radius 3 is 2.61 bits per heavy atom. The lowest BCUT2D eigenvalue weighted by molar-refractivity contribution is 0.165. The van der Waals surface area contributed by atoms with Crippen LogP contribution >= 0.6 is 24.8 Å². The zero-order valence-electron chi connectivity index (χ0n) is 10.8. The molecule has 0 radical (unpaired) electrons. The summed E-state index contributed by atoms with van der Waals surface area (Å²) in [5.74, 6) is 0.629. The second-order valence-corrected chi connectivity index (χ2v) is 7.14. The predicted octanol–water partition coefficient (Wildman–Crippen LogP) is 0.867. The van der Waals surface area contributed by atoms with E-state index >= 15 is 0 Å². The molecule has 0 saturated carbocycles. The maximum absolute atomic E-state index is 11.6. The molecule has 108 valence electrons. The van der Waals surface area contributed by atoms with Gasteiger partial charge < -0.3 is 5.32 Å². The maximum Gasteiger partial charge on any atom is 0.153 e. The molecular formula is C11H22Cl2N2O2S. The third-order valence-corrected chi connectivity index (χ3v) is 5.05. The summed E-state index contributed by atoms with van der Waals surface area (Å²) < 4.78 is 23.2. The fraction of sp³-hybridized carbons (Fsp3) is 0.818. The number of hydrogen-bond acceptors (Lipinski definition) is 4. The van der Waals surface area contributed by atoms with Gasteiger partial charge >= 0.3 is 0 Å². The van der Waals surface area contributed by atoms with Crippen LogP contribution in [0.4, 0.5) is 0 Å². The number of hydrogen-bond donors (Lipinski definition) is 1. The molecule has 4 nitrogen and oxygen atoms in total. The Morgan fingerprint density at radius 2 is 2.00 bits per heavy atom. The van der Waals surface area contributed by atoms with Gasteiger partial charge in [-0.05, 0) is 13.8 Å². The van der Waals surface area contributed by atoms with Crippen molar-refractivity contribution in [2.75, 3.05) is 31.1 Å². The molecule has 0 amide bonds. The Kier molecular flexibility index (Phi) is 7.18. The first-order valence-corrected chi connectivity index (χ1v) is 7.61. The second kappa shape index (κ2) is 7.10. The minimum Gasteiger partial charge on any atom is -0.310 e. The molecule has 0 bridgehead atoms. The van der Waals surface area contributed by atoms with E-state index in [0.29, 0.717) is 11.5 Å². The number of sulfone groups is 1. The number of allylic oxidation sites excluding steroid dienone is 1. The van der Waals surface area contributed by atoms with E-state index in [0.717, 1.165) is 19.6 Å². The van der Waals surface area contributed by atoms with E-state index in [9.17, 15) is 8.42 Å². The van der Waals surface area contributed by atoms with Gasteiger partial charge in [-0.3, -0.25) is 4.90 Å². The van der Waals surface area contributed by atoms with Gasteiger partial charge in [0.25, 0.3) is 0 Å². The van der Waals surface area contributed by atoms with Crippen LogP contribution in [0.1, 0.15) is 13.8 Å². The average molecular weight is 317 g/mol. The van der Waals surface area contributed by atoms with E-state index in [1.165, 1.54) is 5.57 Å². The molecule has 1 N–H and O–H groups in total. The molecular weight excluding hydrogens is 295 g/mol. The van der Waals surface area contributed by atoms with Crippen molar-refractivity contribution in [1.82, 2.24) is 10.2 Å². The number of piperazine rings is 1. The maximum atomic E-state index is 11.6. The summed E-state index contributed by atoms with van der Waals surface area (Å²) in [6.07, 6.45) is 2.17. The minimum atomic E-state index is -2.83. The van der Waals surface area contributed by atoms with E-state index < -0.39 is 9.84 Å². The van der Waals surface area contributed by atoms with Crippen LogP contribution in [0, 0.1) is 0 Å². The van der Waals surface area contributed by atoms with Crippen LogP contribution in [0.3, 0.4) is 0 Å². The van der Waals surface area contributed by atoms with E-state index in [4.69, 9.17) is 0 Å². The van der Waals surface area contributed by atoms with Crippen LogP contribution in [0.5, 0.6) is 0 Å². The Hall–Kier alpha value is 0.190. The lowest BCUT2D eigenvalue weighted by Crippen LogP contribution is -2.57. The third kappa shape index (κ3) is 4.38. The topological polar surface area (TPSA) is 49.4 Å². The minimum absolute atomic E-state index is 0. The van der Waals surface area contributed by atoms with Crippen molar-refractivity contribution in [3.05, 3.63) is 11.6 Å². The average Bonchev–Trinajstić information content (AvgIpc) is 2.48. The van der Waals surface area contributed by atoms with Crippen LogP contribution < -0.4 is 5.32 Å². The molecule has 2 unspecified atom stereocenters. The first kappa shape index (κ1) is 18.2. The van der Waals surface area contributed by atoms with Crippen LogP contribution in [-0.4, -0.2) is 56.5 Å². The van der Waals surface area contributed by atoms with Crippen LogP contribution in [0.2, 0.25) is 0 Å². The molecule has 2 fully saturated rings. The lowest BCUT2D eigenvalue weighted by Gasteiger charge is -2.36. The summed E-state index contributed by atoms with van der Waals surface area (Å²) in [5.41, 5.74) is 1.29. The molecule has 0 aromatic rings. The largest absolute Gasteiger partial charge is 0.310 e. The number of rotatable bonds is 2. The molecule has 2 aliphatic heterocycles. The summed E-state index contributed by atoms with van der Waals surface area (Å²) in [6, 6.07) is 0.318. The number of fused-ring (bicyclic) bond motifs is 1. The third-order valence-electron chi connectivity index (χ3n) is 3.33. The van der Waals surface area contributed by atoms with Crippen LogP contribution in [-0.2, 0) is 9.84 Å². The van der Waals surface area contributed by atoms with Gasteiger partial charge in [-0.15, -0.1) is 24.8 Å². The predicted molar refractivity (Wildman–Crippen MR) is 79.7 cm³/mol. The summed E-state index contributed by atoms with van der Waals surface area (Å²) in [6.45, 7) is 6.87. The normalized spacial score (nSPS) is 29.7. The first-order valence-electron chi connectivity index (χ1n) is 5.79. The molecule has 18 heavy (non-hydrogen) atoms. The first-order chi connectivity index (χ1) is 7.48. The van der Waals surface area contributed by atoms with Crippen molar-refractivity contribution in [1.29, 1.82) is 0 Å². The zero-order valence-corrected chi connectivity index (χ0v) is 13.2. The smallest absolute Gasteiger partial charge is 0.153 e. The van der Waals surface area contributed by atoms with Gasteiger partial charge in [0, 0.05) is 31.7 Å². The quantitative estimate of drug-likeness (QED) is 0.768. The number of halogens is 2. The van der Waals surface area contributed by atoms with Gasteiger partial charge in [0.1, 0.15) is 0 Å².